The first-order valence-corrected chi connectivity index (χ1v) is 7.84. The summed E-state index contributed by atoms with van der Waals surface area (Å²) >= 11 is 5.99. The zero-order valence-electron chi connectivity index (χ0n) is 12.8. The average molecular weight is 334 g/mol. The number of benzene rings is 2. The Labute approximate surface area is 139 Å². The molecule has 1 atom stereocenters. The van der Waals surface area contributed by atoms with Crippen molar-refractivity contribution in [3.05, 3.63) is 64.4 Å². The minimum atomic E-state index is -0.441. The highest BCUT2D eigenvalue weighted by molar-refractivity contribution is 6.33. The lowest BCUT2D eigenvalue weighted by Gasteiger charge is -2.17. The molecule has 2 aromatic rings. The molecule has 2 aromatic carbocycles. The molecule has 1 aliphatic heterocycles. The van der Waals surface area contributed by atoms with Crippen molar-refractivity contribution >= 4 is 17.5 Å². The number of likely N-dealkylation sites (tertiary alicyclic amines) is 1. The molecule has 0 radical (unpaired) electrons. The minimum absolute atomic E-state index is 0.147. The number of rotatable bonds is 3. The summed E-state index contributed by atoms with van der Waals surface area (Å²) in [6.45, 7) is 1.31. The highest BCUT2D eigenvalue weighted by Crippen LogP contribution is 2.30. The van der Waals surface area contributed by atoms with Crippen LogP contribution in [0.2, 0.25) is 5.02 Å². The van der Waals surface area contributed by atoms with Crippen LogP contribution in [-0.2, 0) is 0 Å². The van der Waals surface area contributed by atoms with Crippen molar-refractivity contribution in [3.63, 3.8) is 0 Å². The highest BCUT2D eigenvalue weighted by Gasteiger charge is 2.28. The Morgan fingerprint density at radius 1 is 1.26 bits per heavy atom. The second-order valence-corrected chi connectivity index (χ2v) is 6.04. The fraction of sp³-hybridized carbons (Fsp3) is 0.278. The van der Waals surface area contributed by atoms with Gasteiger partial charge in [-0.3, -0.25) is 4.79 Å². The summed E-state index contributed by atoms with van der Waals surface area (Å²) in [5.74, 6) is 0.525. The largest absolute Gasteiger partial charge is 0.497 e. The Morgan fingerprint density at radius 3 is 2.65 bits per heavy atom. The van der Waals surface area contributed by atoms with Crippen LogP contribution < -0.4 is 4.74 Å². The smallest absolute Gasteiger partial charge is 0.255 e. The number of methoxy groups -OCH3 is 1. The fourth-order valence-electron chi connectivity index (χ4n) is 2.93. The maximum Gasteiger partial charge on any atom is 0.255 e. The molecule has 1 unspecified atom stereocenters. The monoisotopic (exact) mass is 333 g/mol. The van der Waals surface area contributed by atoms with Gasteiger partial charge in [0, 0.05) is 19.0 Å². The van der Waals surface area contributed by atoms with Crippen molar-refractivity contribution in [2.45, 2.75) is 12.3 Å². The van der Waals surface area contributed by atoms with Gasteiger partial charge in [0.05, 0.1) is 17.7 Å². The number of halogens is 2. The molecule has 1 amide bonds. The molecule has 3 nitrogen and oxygen atoms in total. The molecule has 5 heteroatoms. The number of hydrogen-bond donors (Lipinski definition) is 0. The normalized spacial score (nSPS) is 17.3. The summed E-state index contributed by atoms with van der Waals surface area (Å²) in [5.41, 5.74) is 1.54. The molecule has 1 fully saturated rings. The van der Waals surface area contributed by atoms with Crippen LogP contribution in [0.25, 0.3) is 0 Å². The Morgan fingerprint density at radius 2 is 2.00 bits per heavy atom. The van der Waals surface area contributed by atoms with E-state index in [1.165, 1.54) is 23.8 Å². The van der Waals surface area contributed by atoms with E-state index in [1.807, 2.05) is 24.3 Å². The van der Waals surface area contributed by atoms with E-state index in [0.29, 0.717) is 24.6 Å². The van der Waals surface area contributed by atoms with Gasteiger partial charge in [0.25, 0.3) is 5.91 Å². The summed E-state index contributed by atoms with van der Waals surface area (Å²) < 4.78 is 18.3. The first kappa shape index (κ1) is 15.8. The van der Waals surface area contributed by atoms with E-state index in [2.05, 4.69) is 0 Å². The molecular weight excluding hydrogens is 317 g/mol. The molecule has 120 valence electrons. The molecule has 0 N–H and O–H groups in total. The van der Waals surface area contributed by atoms with Gasteiger partial charge in [-0.05, 0) is 42.3 Å². The predicted molar refractivity (Wildman–Crippen MR) is 87.7 cm³/mol. The summed E-state index contributed by atoms with van der Waals surface area (Å²) in [6, 6.07) is 11.8. The Balaban J connectivity index is 1.72. The summed E-state index contributed by atoms with van der Waals surface area (Å²) in [7, 11) is 1.64. The topological polar surface area (TPSA) is 29.5 Å². The molecule has 3 rings (SSSR count). The molecule has 0 aromatic heterocycles. The van der Waals surface area contributed by atoms with Gasteiger partial charge in [-0.1, -0.05) is 23.7 Å². The van der Waals surface area contributed by atoms with E-state index in [0.717, 1.165) is 12.2 Å². The van der Waals surface area contributed by atoms with Gasteiger partial charge in [-0.25, -0.2) is 4.39 Å². The Hall–Kier alpha value is -2.07. The fourth-order valence-corrected chi connectivity index (χ4v) is 3.17. The van der Waals surface area contributed by atoms with E-state index < -0.39 is 5.82 Å². The Bertz CT molecular complexity index is 717. The van der Waals surface area contributed by atoms with Crippen LogP contribution in [0.4, 0.5) is 4.39 Å². The van der Waals surface area contributed by atoms with Crippen LogP contribution in [0.3, 0.4) is 0 Å². The lowest BCUT2D eigenvalue weighted by molar-refractivity contribution is 0.0791. The second kappa shape index (κ2) is 6.59. The number of ether oxygens (including phenoxy) is 1. The number of carbonyl (C=O) groups excluding carboxylic acids is 1. The first-order valence-electron chi connectivity index (χ1n) is 7.47. The number of carbonyl (C=O) groups is 1. The average Bonchev–Trinajstić information content (AvgIpc) is 3.04. The van der Waals surface area contributed by atoms with Crippen molar-refractivity contribution < 1.29 is 13.9 Å². The van der Waals surface area contributed by atoms with Gasteiger partial charge in [0.2, 0.25) is 0 Å². The molecule has 0 saturated carbocycles. The molecule has 0 aliphatic carbocycles. The molecule has 0 spiro atoms. The lowest BCUT2D eigenvalue weighted by Crippen LogP contribution is -2.28. The van der Waals surface area contributed by atoms with E-state index in [4.69, 9.17) is 16.3 Å². The van der Waals surface area contributed by atoms with Crippen LogP contribution >= 0.6 is 11.6 Å². The van der Waals surface area contributed by atoms with Gasteiger partial charge in [-0.2, -0.15) is 0 Å². The minimum Gasteiger partial charge on any atom is -0.497 e. The molecule has 23 heavy (non-hydrogen) atoms. The van der Waals surface area contributed by atoms with Crippen molar-refractivity contribution in [3.8, 4) is 5.75 Å². The molecule has 1 aliphatic rings. The Kier molecular flexibility index (Phi) is 4.53. The van der Waals surface area contributed by atoms with E-state index in [-0.39, 0.29) is 10.9 Å². The van der Waals surface area contributed by atoms with Crippen molar-refractivity contribution in [1.82, 2.24) is 4.90 Å². The van der Waals surface area contributed by atoms with Gasteiger partial charge in [0.1, 0.15) is 11.6 Å². The third-order valence-corrected chi connectivity index (χ3v) is 4.54. The van der Waals surface area contributed by atoms with Gasteiger partial charge in [-0.15, -0.1) is 0 Å². The maximum absolute atomic E-state index is 13.1. The lowest BCUT2D eigenvalue weighted by atomic mass is 9.98. The second-order valence-electron chi connectivity index (χ2n) is 5.63. The van der Waals surface area contributed by atoms with Crippen LogP contribution in [0.1, 0.15) is 28.3 Å². The van der Waals surface area contributed by atoms with Crippen LogP contribution in [0, 0.1) is 5.82 Å². The molecular formula is C18H17ClFNO2. The predicted octanol–water partition coefficient (Wildman–Crippen LogP) is 4.12. The van der Waals surface area contributed by atoms with Crippen molar-refractivity contribution in [1.29, 1.82) is 0 Å². The van der Waals surface area contributed by atoms with E-state index in [9.17, 15) is 9.18 Å². The van der Waals surface area contributed by atoms with E-state index in [1.54, 1.807) is 12.0 Å². The molecule has 0 bridgehead atoms. The van der Waals surface area contributed by atoms with E-state index >= 15 is 0 Å². The summed E-state index contributed by atoms with van der Waals surface area (Å²) in [6.07, 6.45) is 0.900. The number of hydrogen-bond acceptors (Lipinski definition) is 2. The third-order valence-electron chi connectivity index (χ3n) is 4.22. The number of amides is 1. The zero-order chi connectivity index (χ0) is 16.4. The van der Waals surface area contributed by atoms with Crippen molar-refractivity contribution in [2.75, 3.05) is 20.2 Å². The quantitative estimate of drug-likeness (QED) is 0.845. The number of nitrogens with zero attached hydrogens (tertiary/aromatic N) is 1. The zero-order valence-corrected chi connectivity index (χ0v) is 13.5. The van der Waals surface area contributed by atoms with Crippen LogP contribution in [-0.4, -0.2) is 31.0 Å². The molecule has 1 saturated heterocycles. The first-order chi connectivity index (χ1) is 11.1. The van der Waals surface area contributed by atoms with Crippen LogP contribution in [0.5, 0.6) is 5.75 Å². The van der Waals surface area contributed by atoms with Gasteiger partial charge < -0.3 is 9.64 Å². The highest BCUT2D eigenvalue weighted by atomic mass is 35.5. The summed E-state index contributed by atoms with van der Waals surface area (Å²) in [4.78, 5) is 14.3. The van der Waals surface area contributed by atoms with Crippen molar-refractivity contribution in [2.24, 2.45) is 0 Å². The van der Waals surface area contributed by atoms with Crippen LogP contribution in [0.15, 0.2) is 42.5 Å². The summed E-state index contributed by atoms with van der Waals surface area (Å²) in [5, 5.41) is 0.155. The van der Waals surface area contributed by atoms with Gasteiger partial charge in [0.15, 0.2) is 0 Å². The SMILES string of the molecule is COc1ccc(C2CCN(C(=O)c3ccc(F)cc3Cl)C2)cc1. The third kappa shape index (κ3) is 3.32. The maximum atomic E-state index is 13.1. The standard InChI is InChI=1S/C18H17ClFNO2/c1-23-15-5-2-12(3-6-15)13-8-9-21(11-13)18(22)16-7-4-14(20)10-17(16)19/h2-7,10,13H,8-9,11H2,1H3. The molecule has 1 heterocycles. The van der Waals surface area contributed by atoms with Gasteiger partial charge >= 0.3 is 0 Å².